The highest BCUT2D eigenvalue weighted by atomic mass is 79.9. The van der Waals surface area contributed by atoms with E-state index in [4.69, 9.17) is 34.8 Å². The van der Waals surface area contributed by atoms with Crippen molar-refractivity contribution in [3.8, 4) is 0 Å². The van der Waals surface area contributed by atoms with Gasteiger partial charge < -0.3 is 0 Å². The number of halogens is 4. The topological polar surface area (TPSA) is 46.2 Å². The monoisotopic (exact) mass is 433 g/mol. The lowest BCUT2D eigenvalue weighted by Gasteiger charge is -2.09. The van der Waals surface area contributed by atoms with Gasteiger partial charge in [0.05, 0.1) is 24.5 Å². The normalized spacial score (nSPS) is 11.7. The molecule has 20 heavy (non-hydrogen) atoms. The zero-order valence-corrected chi connectivity index (χ0v) is 15.4. The molecule has 9 heteroatoms. The predicted molar refractivity (Wildman–Crippen MR) is 89.0 cm³/mol. The Morgan fingerprint density at radius 2 is 1.70 bits per heavy atom. The number of thiophene rings is 1. The zero-order chi connectivity index (χ0) is 15.1. The molecule has 3 nitrogen and oxygen atoms in total. The van der Waals surface area contributed by atoms with E-state index in [9.17, 15) is 8.42 Å². The highest BCUT2D eigenvalue weighted by Crippen LogP contribution is 2.35. The van der Waals surface area contributed by atoms with Gasteiger partial charge in [0.15, 0.2) is 0 Å². The Hall–Kier alpha value is 0.0200. The average Bonchev–Trinajstić information content (AvgIpc) is 2.67. The molecule has 0 bridgehead atoms. The summed E-state index contributed by atoms with van der Waals surface area (Å²) >= 11 is 22.0. The van der Waals surface area contributed by atoms with Crippen LogP contribution >= 0.6 is 62.1 Å². The van der Waals surface area contributed by atoms with E-state index in [1.165, 1.54) is 12.1 Å². The lowest BCUT2D eigenvalue weighted by molar-refractivity contribution is 0.603. The highest BCUT2D eigenvalue weighted by molar-refractivity contribution is 9.11. The molecule has 0 aliphatic carbocycles. The smallest absolute Gasteiger partial charge is 0.271 e. The fourth-order valence-electron chi connectivity index (χ4n) is 1.36. The summed E-state index contributed by atoms with van der Waals surface area (Å²) in [5.74, 6) is 0. The number of rotatable bonds is 3. The minimum atomic E-state index is -3.71. The largest absolute Gasteiger partial charge is 0.277 e. The summed E-state index contributed by atoms with van der Waals surface area (Å²) in [5.41, 5.74) is 1.03. The second-order valence-electron chi connectivity index (χ2n) is 3.87. The second kappa shape index (κ2) is 6.02. The van der Waals surface area contributed by atoms with Crippen LogP contribution in [-0.4, -0.2) is 8.42 Å². The molecule has 0 amide bonds. The molecule has 0 aliphatic rings. The van der Waals surface area contributed by atoms with E-state index in [1.807, 2.05) is 6.92 Å². The molecule has 108 valence electrons. The van der Waals surface area contributed by atoms with Gasteiger partial charge in [-0.3, -0.25) is 4.72 Å². The van der Waals surface area contributed by atoms with E-state index in [0.29, 0.717) is 0 Å². The molecule has 0 fully saturated rings. The standard InChI is InChI=1S/C11H7BrCl3NO2S2/c1-5-2-10(19-11(5)12)20(17,18)16-9-4-7(14)6(13)3-8(9)15/h2-4,16H,1H3. The first kappa shape index (κ1) is 16.4. The van der Waals surface area contributed by atoms with Crippen LogP contribution in [0.5, 0.6) is 0 Å². The number of aryl methyl sites for hydroxylation is 1. The predicted octanol–water partition coefficient (Wildman–Crippen LogP) is 5.58. The number of benzene rings is 1. The van der Waals surface area contributed by atoms with Crippen LogP contribution < -0.4 is 4.72 Å². The second-order valence-corrected chi connectivity index (χ2v) is 9.37. The molecule has 0 aliphatic heterocycles. The number of sulfonamides is 1. The lowest BCUT2D eigenvalue weighted by atomic mass is 10.3. The zero-order valence-electron chi connectivity index (χ0n) is 9.88. The molecule has 1 aromatic carbocycles. The first-order valence-electron chi connectivity index (χ1n) is 5.14. The van der Waals surface area contributed by atoms with Crippen LogP contribution in [0.4, 0.5) is 5.69 Å². The van der Waals surface area contributed by atoms with Gasteiger partial charge in [-0.25, -0.2) is 8.42 Å². The molecule has 2 rings (SSSR count). The summed E-state index contributed by atoms with van der Waals surface area (Å²) in [4.78, 5) is 0. The number of nitrogens with one attached hydrogen (secondary N) is 1. The van der Waals surface area contributed by atoms with Gasteiger partial charge in [0.25, 0.3) is 10.0 Å². The molecule has 0 saturated carbocycles. The van der Waals surface area contributed by atoms with E-state index in [1.54, 1.807) is 6.07 Å². The fourth-order valence-corrected chi connectivity index (χ4v) is 5.31. The van der Waals surface area contributed by atoms with Gasteiger partial charge in [0, 0.05) is 0 Å². The van der Waals surface area contributed by atoms with Crippen LogP contribution in [0.3, 0.4) is 0 Å². The van der Waals surface area contributed by atoms with E-state index in [-0.39, 0.29) is 25.0 Å². The van der Waals surface area contributed by atoms with Gasteiger partial charge in [0.1, 0.15) is 4.21 Å². The van der Waals surface area contributed by atoms with Gasteiger partial charge in [-0.05, 0) is 46.6 Å². The number of anilines is 1. The Bertz CT molecular complexity index is 755. The van der Waals surface area contributed by atoms with Crippen molar-refractivity contribution in [1.82, 2.24) is 0 Å². The Kier molecular flexibility index (Phi) is 4.94. The molecular formula is C11H7BrCl3NO2S2. The minimum absolute atomic E-state index is 0.176. The van der Waals surface area contributed by atoms with Crippen molar-refractivity contribution in [2.45, 2.75) is 11.1 Å². The molecule has 2 aromatic rings. The molecule has 0 spiro atoms. The van der Waals surface area contributed by atoms with Crippen molar-refractivity contribution in [3.63, 3.8) is 0 Å². The van der Waals surface area contributed by atoms with Gasteiger partial charge in [-0.15, -0.1) is 11.3 Å². The van der Waals surface area contributed by atoms with Crippen molar-refractivity contribution in [1.29, 1.82) is 0 Å². The van der Waals surface area contributed by atoms with Gasteiger partial charge in [-0.1, -0.05) is 34.8 Å². The molecule has 1 aromatic heterocycles. The Balaban J connectivity index is 2.40. The van der Waals surface area contributed by atoms with E-state index in [0.717, 1.165) is 20.7 Å². The molecule has 0 radical (unpaired) electrons. The van der Waals surface area contributed by atoms with Gasteiger partial charge in [-0.2, -0.15) is 0 Å². The Morgan fingerprint density at radius 1 is 1.10 bits per heavy atom. The summed E-state index contributed by atoms with van der Waals surface area (Å²) in [6.45, 7) is 1.81. The lowest BCUT2D eigenvalue weighted by Crippen LogP contribution is -2.11. The molecule has 0 unspecified atom stereocenters. The Labute approximate surface area is 144 Å². The third kappa shape index (κ3) is 3.43. The van der Waals surface area contributed by atoms with Crippen LogP contribution in [0, 0.1) is 6.92 Å². The van der Waals surface area contributed by atoms with Crippen molar-refractivity contribution in [2.24, 2.45) is 0 Å². The van der Waals surface area contributed by atoms with E-state index in [2.05, 4.69) is 20.7 Å². The molecule has 1 N–H and O–H groups in total. The van der Waals surface area contributed by atoms with Gasteiger partial charge >= 0.3 is 0 Å². The van der Waals surface area contributed by atoms with Crippen LogP contribution in [0.25, 0.3) is 0 Å². The highest BCUT2D eigenvalue weighted by Gasteiger charge is 2.20. The minimum Gasteiger partial charge on any atom is -0.277 e. The van der Waals surface area contributed by atoms with Crippen molar-refractivity contribution in [2.75, 3.05) is 4.72 Å². The van der Waals surface area contributed by atoms with Crippen molar-refractivity contribution in [3.05, 3.63) is 42.6 Å². The van der Waals surface area contributed by atoms with Crippen LogP contribution in [0.2, 0.25) is 15.1 Å². The summed E-state index contributed by atoms with van der Waals surface area (Å²) < 4.78 is 27.9. The van der Waals surface area contributed by atoms with Crippen molar-refractivity contribution >= 4 is 77.8 Å². The first-order valence-corrected chi connectivity index (χ1v) is 9.36. The molecular weight excluding hydrogens is 429 g/mol. The average molecular weight is 436 g/mol. The summed E-state index contributed by atoms with van der Waals surface area (Å²) in [6, 6.07) is 4.33. The fraction of sp³-hybridized carbons (Fsp3) is 0.0909. The third-order valence-electron chi connectivity index (χ3n) is 2.35. The first-order chi connectivity index (χ1) is 9.20. The molecule has 0 saturated heterocycles. The third-order valence-corrected chi connectivity index (χ3v) is 7.36. The van der Waals surface area contributed by atoms with E-state index >= 15 is 0 Å². The van der Waals surface area contributed by atoms with Gasteiger partial charge in [0.2, 0.25) is 0 Å². The van der Waals surface area contributed by atoms with Crippen LogP contribution in [0.1, 0.15) is 5.56 Å². The summed E-state index contributed by atoms with van der Waals surface area (Å²) in [7, 11) is -3.71. The Morgan fingerprint density at radius 3 is 2.25 bits per heavy atom. The van der Waals surface area contributed by atoms with Crippen LogP contribution in [-0.2, 0) is 10.0 Å². The maximum atomic E-state index is 12.3. The molecule has 1 heterocycles. The maximum Gasteiger partial charge on any atom is 0.271 e. The molecule has 0 atom stereocenters. The quantitative estimate of drug-likeness (QED) is 0.640. The van der Waals surface area contributed by atoms with E-state index < -0.39 is 10.0 Å². The number of hydrogen-bond acceptors (Lipinski definition) is 3. The maximum absolute atomic E-state index is 12.3. The SMILES string of the molecule is Cc1cc(S(=O)(=O)Nc2cc(Cl)c(Cl)cc2Cl)sc1Br. The van der Waals surface area contributed by atoms with Crippen molar-refractivity contribution < 1.29 is 8.42 Å². The summed E-state index contributed by atoms with van der Waals surface area (Å²) in [6.07, 6.45) is 0. The van der Waals surface area contributed by atoms with Crippen LogP contribution in [0.15, 0.2) is 26.2 Å². The number of hydrogen-bond donors (Lipinski definition) is 1. The summed E-state index contributed by atoms with van der Waals surface area (Å²) in [5, 5.41) is 0.655.